The lowest BCUT2D eigenvalue weighted by Crippen LogP contribution is -2.33. The molecule has 0 bridgehead atoms. The van der Waals surface area contributed by atoms with E-state index in [4.69, 9.17) is 9.47 Å². The summed E-state index contributed by atoms with van der Waals surface area (Å²) in [5.41, 5.74) is -0.228. The van der Waals surface area contributed by atoms with Gasteiger partial charge in [0.05, 0.1) is 6.61 Å². The molecule has 102 valence electrons. The summed E-state index contributed by atoms with van der Waals surface area (Å²) in [5, 5.41) is 0. The zero-order chi connectivity index (χ0) is 14.3. The zero-order valence-electron chi connectivity index (χ0n) is 11.6. The van der Waals surface area contributed by atoms with Crippen LogP contribution < -0.4 is 0 Å². The van der Waals surface area contributed by atoms with Crippen molar-refractivity contribution in [2.75, 3.05) is 13.7 Å². The Kier molecular flexibility index (Phi) is 6.16. The Hall–Kier alpha value is -1.78. The van der Waals surface area contributed by atoms with Crippen LogP contribution in [0.5, 0.6) is 0 Å². The normalized spacial score (nSPS) is 11.2. The first kappa shape index (κ1) is 16.2. The Morgan fingerprint density at radius 2 is 1.83 bits per heavy atom. The molecule has 0 heterocycles. The molecule has 0 saturated carbocycles. The summed E-state index contributed by atoms with van der Waals surface area (Å²) in [5.74, 6) is -0.476. The Bertz CT molecular complexity index is 352. The topological polar surface area (TPSA) is 55.8 Å². The van der Waals surface area contributed by atoms with Gasteiger partial charge in [0.2, 0.25) is 0 Å². The van der Waals surface area contributed by atoms with Crippen molar-refractivity contribution in [3.63, 3.8) is 0 Å². The average Bonchev–Trinajstić information content (AvgIpc) is 2.22. The second-order valence-electron chi connectivity index (χ2n) is 4.62. The number of esters is 1. The van der Waals surface area contributed by atoms with Crippen LogP contribution in [0, 0.1) is 0 Å². The number of rotatable bonds is 4. The highest BCUT2D eigenvalue weighted by molar-refractivity contribution is 5.82. The number of hydrogen-bond donors (Lipinski definition) is 0. The number of nitrogens with zero attached hydrogens (tertiary/aromatic N) is 1. The zero-order valence-corrected chi connectivity index (χ0v) is 11.6. The first-order valence-electron chi connectivity index (χ1n) is 5.68. The van der Waals surface area contributed by atoms with E-state index in [0.29, 0.717) is 12.3 Å². The molecule has 0 saturated heterocycles. The van der Waals surface area contributed by atoms with Crippen LogP contribution >= 0.6 is 0 Å². The molecular weight excluding hydrogens is 234 g/mol. The summed E-state index contributed by atoms with van der Waals surface area (Å²) in [7, 11) is 1.52. The van der Waals surface area contributed by atoms with Crippen LogP contribution in [0.4, 0.5) is 4.79 Å². The number of amides is 1. The van der Waals surface area contributed by atoms with E-state index in [9.17, 15) is 9.59 Å². The van der Waals surface area contributed by atoms with E-state index >= 15 is 0 Å². The van der Waals surface area contributed by atoms with Crippen LogP contribution in [0.1, 0.15) is 27.7 Å². The highest BCUT2D eigenvalue weighted by Gasteiger charge is 2.20. The van der Waals surface area contributed by atoms with Gasteiger partial charge >= 0.3 is 12.1 Å². The molecule has 0 rings (SSSR count). The summed E-state index contributed by atoms with van der Waals surface area (Å²) in [6, 6.07) is 0. The number of likely N-dealkylation sites (N-methyl/N-ethyl adjacent to an activating group) is 1. The number of carbonyl (C=O) groups is 2. The minimum Gasteiger partial charge on any atom is -0.463 e. The lowest BCUT2D eigenvalue weighted by molar-refractivity contribution is -0.137. The number of ether oxygens (including phenoxy) is 2. The van der Waals surface area contributed by atoms with Crippen molar-refractivity contribution in [2.45, 2.75) is 33.3 Å². The first-order valence-corrected chi connectivity index (χ1v) is 5.68. The molecule has 0 unspecified atom stereocenters. The first-order chi connectivity index (χ1) is 8.17. The number of carbonyl (C=O) groups excluding carboxylic acids is 2. The predicted molar refractivity (Wildman–Crippen MR) is 68.9 cm³/mol. The number of hydrogen-bond acceptors (Lipinski definition) is 4. The van der Waals surface area contributed by atoms with Crippen molar-refractivity contribution in [3.05, 3.63) is 24.4 Å². The maximum Gasteiger partial charge on any atom is 0.414 e. The summed E-state index contributed by atoms with van der Waals surface area (Å²) in [6.45, 7) is 11.0. The molecular formula is C13H21NO4. The van der Waals surface area contributed by atoms with Gasteiger partial charge in [-0.1, -0.05) is 6.58 Å². The van der Waals surface area contributed by atoms with Crippen molar-refractivity contribution >= 4 is 12.1 Å². The fraction of sp³-hybridized carbons (Fsp3) is 0.538. The van der Waals surface area contributed by atoms with Gasteiger partial charge in [0.15, 0.2) is 0 Å². The lowest BCUT2D eigenvalue weighted by Gasteiger charge is -2.24. The largest absolute Gasteiger partial charge is 0.463 e. The Morgan fingerprint density at radius 1 is 1.28 bits per heavy atom. The summed E-state index contributed by atoms with van der Waals surface area (Å²) >= 11 is 0. The van der Waals surface area contributed by atoms with Crippen LogP contribution in [0.2, 0.25) is 0 Å². The fourth-order valence-corrected chi connectivity index (χ4v) is 0.914. The van der Waals surface area contributed by atoms with E-state index in [1.807, 2.05) is 0 Å². The molecule has 0 radical (unpaired) electrons. The smallest absolute Gasteiger partial charge is 0.414 e. The summed E-state index contributed by atoms with van der Waals surface area (Å²) in [4.78, 5) is 24.0. The molecule has 0 spiro atoms. The van der Waals surface area contributed by atoms with Gasteiger partial charge in [-0.25, -0.2) is 9.59 Å². The van der Waals surface area contributed by atoms with Gasteiger partial charge in [-0.2, -0.15) is 0 Å². The van der Waals surface area contributed by atoms with Crippen LogP contribution in [-0.4, -0.2) is 36.2 Å². The van der Waals surface area contributed by atoms with E-state index in [1.165, 1.54) is 24.1 Å². The van der Waals surface area contributed by atoms with E-state index < -0.39 is 17.7 Å². The quantitative estimate of drug-likeness (QED) is 0.440. The average molecular weight is 255 g/mol. The van der Waals surface area contributed by atoms with Crippen molar-refractivity contribution in [1.82, 2.24) is 4.90 Å². The third-order valence-electron chi connectivity index (χ3n) is 1.80. The molecule has 0 N–H and O–H groups in total. The van der Waals surface area contributed by atoms with E-state index in [2.05, 4.69) is 6.58 Å². The molecule has 0 fully saturated rings. The molecule has 0 aliphatic carbocycles. The highest BCUT2D eigenvalue weighted by atomic mass is 16.6. The standard InChI is InChI=1S/C13H21NO4/c1-7-17-11(15)9-8-10(2)14(6)12(16)18-13(3,4)5/h8-9H,2,7H2,1,3-6H3/b9-8+. The Balaban J connectivity index is 4.43. The second-order valence-corrected chi connectivity index (χ2v) is 4.62. The van der Waals surface area contributed by atoms with Gasteiger partial charge in [-0.15, -0.1) is 0 Å². The van der Waals surface area contributed by atoms with E-state index in [-0.39, 0.29) is 0 Å². The van der Waals surface area contributed by atoms with Crippen LogP contribution in [0.3, 0.4) is 0 Å². The molecule has 0 aliphatic rings. The molecule has 18 heavy (non-hydrogen) atoms. The van der Waals surface area contributed by atoms with Gasteiger partial charge < -0.3 is 9.47 Å². The summed E-state index contributed by atoms with van der Waals surface area (Å²) in [6.07, 6.45) is 2.09. The fourth-order valence-electron chi connectivity index (χ4n) is 0.914. The molecule has 0 atom stereocenters. The van der Waals surface area contributed by atoms with Crippen molar-refractivity contribution < 1.29 is 19.1 Å². The highest BCUT2D eigenvalue weighted by Crippen LogP contribution is 2.11. The Morgan fingerprint density at radius 3 is 2.28 bits per heavy atom. The maximum atomic E-state index is 11.7. The second kappa shape index (κ2) is 6.83. The SMILES string of the molecule is C=C(/C=C/C(=O)OCC)N(C)C(=O)OC(C)(C)C. The van der Waals surface area contributed by atoms with Crippen molar-refractivity contribution in [3.8, 4) is 0 Å². The molecule has 1 amide bonds. The van der Waals surface area contributed by atoms with Crippen LogP contribution in [0.15, 0.2) is 24.4 Å². The molecule has 5 heteroatoms. The minimum absolute atomic E-state index is 0.303. The third-order valence-corrected chi connectivity index (χ3v) is 1.80. The molecule has 0 aromatic heterocycles. The number of allylic oxidation sites excluding steroid dienone is 1. The maximum absolute atomic E-state index is 11.7. The molecule has 0 aliphatic heterocycles. The minimum atomic E-state index is -0.573. The van der Waals surface area contributed by atoms with Gasteiger partial charge in [-0.3, -0.25) is 4.90 Å². The third kappa shape index (κ3) is 6.73. The van der Waals surface area contributed by atoms with Gasteiger partial charge in [0.1, 0.15) is 5.60 Å². The molecule has 5 nitrogen and oxygen atoms in total. The van der Waals surface area contributed by atoms with Gasteiger partial charge in [-0.05, 0) is 33.8 Å². The van der Waals surface area contributed by atoms with Crippen molar-refractivity contribution in [2.24, 2.45) is 0 Å². The predicted octanol–water partition coefficient (Wildman–Crippen LogP) is 2.49. The van der Waals surface area contributed by atoms with Gasteiger partial charge in [0, 0.05) is 18.8 Å². The van der Waals surface area contributed by atoms with Crippen LogP contribution in [-0.2, 0) is 14.3 Å². The summed E-state index contributed by atoms with van der Waals surface area (Å²) < 4.78 is 9.86. The van der Waals surface area contributed by atoms with Gasteiger partial charge in [0.25, 0.3) is 0 Å². The monoisotopic (exact) mass is 255 g/mol. The Labute approximate surface area is 108 Å². The molecule has 0 aromatic rings. The van der Waals surface area contributed by atoms with Crippen LogP contribution in [0.25, 0.3) is 0 Å². The lowest BCUT2D eigenvalue weighted by atomic mass is 10.2. The van der Waals surface area contributed by atoms with E-state index in [1.54, 1.807) is 27.7 Å². The van der Waals surface area contributed by atoms with Crippen molar-refractivity contribution in [1.29, 1.82) is 0 Å². The van der Waals surface area contributed by atoms with E-state index in [0.717, 1.165) is 0 Å². The molecule has 0 aromatic carbocycles.